The Bertz CT molecular complexity index is 1120. The first kappa shape index (κ1) is 24.2. The van der Waals surface area contributed by atoms with Crippen LogP contribution in [0.15, 0.2) is 59.7 Å². The van der Waals surface area contributed by atoms with Crippen molar-refractivity contribution in [2.24, 2.45) is 5.10 Å². The van der Waals surface area contributed by atoms with E-state index in [1.165, 1.54) is 27.5 Å². The van der Waals surface area contributed by atoms with Gasteiger partial charge < -0.3 is 19.5 Å². The molecule has 1 amide bonds. The van der Waals surface area contributed by atoms with Crippen LogP contribution in [0.5, 0.6) is 17.2 Å². The lowest BCUT2D eigenvalue weighted by atomic mass is 10.1. The Balaban J connectivity index is 1.71. The lowest BCUT2D eigenvalue weighted by molar-refractivity contribution is -0.120. The van der Waals surface area contributed by atoms with Gasteiger partial charge in [-0.1, -0.05) is 47.5 Å². The predicted molar refractivity (Wildman–Crippen MR) is 132 cm³/mol. The smallest absolute Gasteiger partial charge is 0.244 e. The van der Waals surface area contributed by atoms with Crippen LogP contribution in [0.25, 0.3) is 0 Å². The Morgan fingerprint density at radius 1 is 0.939 bits per heavy atom. The number of anilines is 2. The van der Waals surface area contributed by atoms with Gasteiger partial charge in [-0.15, -0.1) is 0 Å². The molecule has 33 heavy (non-hydrogen) atoms. The second-order valence-electron chi connectivity index (χ2n) is 6.81. The molecule has 3 rings (SSSR count). The Morgan fingerprint density at radius 2 is 1.58 bits per heavy atom. The summed E-state index contributed by atoms with van der Waals surface area (Å²) in [6.07, 6.45) is 1.59. The number of amides is 1. The van der Waals surface area contributed by atoms with Gasteiger partial charge in [-0.05, 0) is 35.9 Å². The second kappa shape index (κ2) is 11.4. The first-order chi connectivity index (χ1) is 16.0. The minimum absolute atomic E-state index is 0.0951. The molecule has 0 radical (unpaired) electrons. The van der Waals surface area contributed by atoms with E-state index in [2.05, 4.69) is 15.8 Å². The number of hydrogen-bond acceptors (Lipinski definition) is 6. The fourth-order valence-electron chi connectivity index (χ4n) is 3.12. The molecule has 0 fully saturated rings. The number of carbonyl (C=O) groups excluding carboxylic acids is 1. The molecule has 0 aliphatic carbocycles. The van der Waals surface area contributed by atoms with E-state index in [0.717, 1.165) is 11.3 Å². The van der Waals surface area contributed by atoms with E-state index in [9.17, 15) is 4.79 Å². The molecule has 0 heterocycles. The van der Waals surface area contributed by atoms with Gasteiger partial charge in [-0.25, -0.2) is 5.43 Å². The second-order valence-corrected chi connectivity index (χ2v) is 7.62. The van der Waals surface area contributed by atoms with Crippen molar-refractivity contribution in [3.05, 3.63) is 75.8 Å². The monoisotopic (exact) mass is 487 g/mol. The highest BCUT2D eigenvalue weighted by Crippen LogP contribution is 2.37. The van der Waals surface area contributed by atoms with E-state index in [4.69, 9.17) is 37.4 Å². The van der Waals surface area contributed by atoms with Crippen LogP contribution < -0.4 is 25.0 Å². The highest BCUT2D eigenvalue weighted by molar-refractivity contribution is 6.39. The van der Waals surface area contributed by atoms with Crippen LogP contribution in [-0.4, -0.2) is 33.5 Å². The summed E-state index contributed by atoms with van der Waals surface area (Å²) in [7, 11) is 4.59. The minimum Gasteiger partial charge on any atom is -0.493 e. The first-order valence-corrected chi connectivity index (χ1v) is 10.6. The third kappa shape index (κ3) is 6.09. The highest BCUT2D eigenvalue weighted by atomic mass is 35.5. The third-order valence-electron chi connectivity index (χ3n) is 4.68. The zero-order valence-corrected chi connectivity index (χ0v) is 19.8. The number of halogens is 2. The predicted octanol–water partition coefficient (Wildman–Crippen LogP) is 5.46. The molecule has 0 spiro atoms. The molecule has 9 heteroatoms. The summed E-state index contributed by atoms with van der Waals surface area (Å²) in [5.41, 5.74) is 5.26. The van der Waals surface area contributed by atoms with Crippen molar-refractivity contribution < 1.29 is 19.0 Å². The molecular weight excluding hydrogens is 465 g/mol. The molecule has 0 aliphatic rings. The van der Waals surface area contributed by atoms with Crippen LogP contribution in [0.2, 0.25) is 10.0 Å². The van der Waals surface area contributed by atoms with Gasteiger partial charge in [0.05, 0.1) is 49.7 Å². The lowest BCUT2D eigenvalue weighted by Gasteiger charge is -2.14. The van der Waals surface area contributed by atoms with Gasteiger partial charge in [0.1, 0.15) is 0 Å². The van der Waals surface area contributed by atoms with Crippen LogP contribution in [0.4, 0.5) is 11.4 Å². The maximum absolute atomic E-state index is 12.5. The standard InChI is InChI=1S/C24H23Cl2N3O4/c1-31-20-11-15(12-21(32-2)24(20)33-3)14-27-29-22(30)13-16-7-4-5-10-19(16)28-23-17(25)8-6-9-18(23)26/h4-12,14,28H,13H2,1-3H3,(H,29,30)/b27-14+. The van der Waals surface area contributed by atoms with Crippen molar-refractivity contribution in [1.82, 2.24) is 5.43 Å². The van der Waals surface area contributed by atoms with Crippen LogP contribution in [0.1, 0.15) is 11.1 Å². The molecule has 172 valence electrons. The summed E-state index contributed by atoms with van der Waals surface area (Å²) in [4.78, 5) is 12.5. The topological polar surface area (TPSA) is 81.2 Å². The number of ether oxygens (including phenoxy) is 3. The number of benzene rings is 3. The van der Waals surface area contributed by atoms with Crippen molar-refractivity contribution in [3.8, 4) is 17.2 Å². The SMILES string of the molecule is COc1cc(/C=N/NC(=O)Cc2ccccc2Nc2c(Cl)cccc2Cl)cc(OC)c1OC. The summed E-state index contributed by atoms with van der Waals surface area (Å²) in [6.45, 7) is 0. The molecule has 0 aliphatic heterocycles. The third-order valence-corrected chi connectivity index (χ3v) is 5.31. The molecule has 2 N–H and O–H groups in total. The average molecular weight is 488 g/mol. The van der Waals surface area contributed by atoms with E-state index in [1.54, 1.807) is 30.3 Å². The molecule has 0 unspecified atom stereocenters. The Morgan fingerprint density at radius 3 is 2.18 bits per heavy atom. The quantitative estimate of drug-likeness (QED) is 0.309. The zero-order valence-electron chi connectivity index (χ0n) is 18.3. The summed E-state index contributed by atoms with van der Waals surface area (Å²) in [6, 6.07) is 16.1. The maximum Gasteiger partial charge on any atom is 0.244 e. The molecule has 7 nitrogen and oxygen atoms in total. The van der Waals surface area contributed by atoms with Crippen molar-refractivity contribution in [1.29, 1.82) is 0 Å². The summed E-state index contributed by atoms with van der Waals surface area (Å²) < 4.78 is 16.0. The van der Waals surface area contributed by atoms with Gasteiger partial charge in [0, 0.05) is 11.3 Å². The van der Waals surface area contributed by atoms with E-state index in [1.807, 2.05) is 24.3 Å². The van der Waals surface area contributed by atoms with Crippen molar-refractivity contribution in [3.63, 3.8) is 0 Å². The molecule has 0 atom stereocenters. The minimum atomic E-state index is -0.293. The number of methoxy groups -OCH3 is 3. The molecule has 0 aromatic heterocycles. The van der Waals surface area contributed by atoms with Crippen LogP contribution in [0.3, 0.4) is 0 Å². The first-order valence-electron chi connectivity index (χ1n) is 9.87. The van der Waals surface area contributed by atoms with Crippen LogP contribution in [0, 0.1) is 0 Å². The van der Waals surface area contributed by atoms with Gasteiger partial charge in [-0.2, -0.15) is 5.10 Å². The number of nitrogens with zero attached hydrogens (tertiary/aromatic N) is 1. The Labute approximate surface area is 202 Å². The summed E-state index contributed by atoms with van der Waals surface area (Å²) in [5.74, 6) is 1.16. The van der Waals surface area contributed by atoms with E-state index < -0.39 is 0 Å². The van der Waals surface area contributed by atoms with E-state index in [0.29, 0.717) is 38.5 Å². The van der Waals surface area contributed by atoms with Crippen LogP contribution >= 0.6 is 23.2 Å². The zero-order chi connectivity index (χ0) is 23.8. The summed E-state index contributed by atoms with van der Waals surface area (Å²) >= 11 is 12.5. The molecular formula is C24H23Cl2N3O4. The van der Waals surface area contributed by atoms with Crippen LogP contribution in [-0.2, 0) is 11.2 Å². The number of carbonyl (C=O) groups is 1. The highest BCUT2D eigenvalue weighted by Gasteiger charge is 2.13. The molecule has 3 aromatic rings. The number of rotatable bonds is 9. The Kier molecular flexibility index (Phi) is 8.40. The van der Waals surface area contributed by atoms with Gasteiger partial charge in [0.2, 0.25) is 11.7 Å². The van der Waals surface area contributed by atoms with Gasteiger partial charge >= 0.3 is 0 Å². The normalized spacial score (nSPS) is 10.7. The molecule has 0 bridgehead atoms. The molecule has 0 saturated carbocycles. The number of hydrogen-bond donors (Lipinski definition) is 2. The number of para-hydroxylation sites is 2. The van der Waals surface area contributed by atoms with Gasteiger partial charge in [0.15, 0.2) is 11.5 Å². The average Bonchev–Trinajstić information content (AvgIpc) is 2.81. The molecule has 3 aromatic carbocycles. The fourth-order valence-corrected chi connectivity index (χ4v) is 3.61. The lowest BCUT2D eigenvalue weighted by Crippen LogP contribution is -2.20. The van der Waals surface area contributed by atoms with Crippen molar-refractivity contribution in [2.45, 2.75) is 6.42 Å². The largest absolute Gasteiger partial charge is 0.493 e. The van der Waals surface area contributed by atoms with E-state index in [-0.39, 0.29) is 12.3 Å². The van der Waals surface area contributed by atoms with Gasteiger partial charge in [-0.3, -0.25) is 4.79 Å². The Hall–Kier alpha value is -3.42. The fraction of sp³-hybridized carbons (Fsp3) is 0.167. The number of nitrogens with one attached hydrogen (secondary N) is 2. The molecule has 0 saturated heterocycles. The maximum atomic E-state index is 12.5. The van der Waals surface area contributed by atoms with Crippen molar-refractivity contribution in [2.75, 3.05) is 26.6 Å². The van der Waals surface area contributed by atoms with Gasteiger partial charge in [0.25, 0.3) is 0 Å². The van der Waals surface area contributed by atoms with E-state index >= 15 is 0 Å². The number of hydrazone groups is 1. The van der Waals surface area contributed by atoms with Crippen molar-refractivity contribution >= 4 is 46.7 Å². The summed E-state index contributed by atoms with van der Waals surface area (Å²) in [5, 5.41) is 8.22.